The van der Waals surface area contributed by atoms with E-state index in [9.17, 15) is 19.2 Å². The highest BCUT2D eigenvalue weighted by Gasteiger charge is 2.37. The van der Waals surface area contributed by atoms with Gasteiger partial charge in [-0.25, -0.2) is 0 Å². The van der Waals surface area contributed by atoms with Crippen molar-refractivity contribution in [2.45, 2.75) is 38.3 Å². The number of nitrogens with zero attached hydrogens (tertiary/aromatic N) is 3. The van der Waals surface area contributed by atoms with Crippen LogP contribution >= 0.6 is 0 Å². The summed E-state index contributed by atoms with van der Waals surface area (Å²) in [6.07, 6.45) is 1.68. The zero-order chi connectivity index (χ0) is 29.1. The molecule has 4 aromatic rings. The number of ketones is 1. The van der Waals surface area contributed by atoms with Crippen molar-refractivity contribution in [1.82, 2.24) is 14.0 Å². The predicted octanol–water partition coefficient (Wildman–Crippen LogP) is 3.82. The number of pyridine rings is 2. The molecule has 2 aromatic heterocycles. The van der Waals surface area contributed by atoms with E-state index in [1.54, 1.807) is 34.9 Å². The number of piperidine rings is 1. The van der Waals surface area contributed by atoms with Crippen LogP contribution in [0.2, 0.25) is 0 Å². The van der Waals surface area contributed by atoms with E-state index in [1.807, 2.05) is 33.7 Å². The third-order valence-corrected chi connectivity index (χ3v) is 9.04. The number of carbonyl (C=O) groups excluding carboxylic acids is 2. The maximum absolute atomic E-state index is 14.1. The minimum atomic E-state index is -0.286. The second kappa shape index (κ2) is 10.0. The molecule has 4 heterocycles. The number of benzene rings is 2. The van der Waals surface area contributed by atoms with Gasteiger partial charge in [0.25, 0.3) is 11.1 Å². The summed E-state index contributed by atoms with van der Waals surface area (Å²) >= 11 is 0. The second-order valence-electron chi connectivity index (χ2n) is 11.4. The van der Waals surface area contributed by atoms with Crippen LogP contribution < -0.4 is 20.6 Å². The SMILES string of the molecule is COc1ccc2c3c(n(CCCC(=O)N4CC5CC(C4)c4cccc(=O)n4C5)c(=O)c2c1OC)-c1ccccc1C3=O. The van der Waals surface area contributed by atoms with Crippen molar-refractivity contribution in [2.75, 3.05) is 27.3 Å². The normalized spacial score (nSPS) is 18.4. The van der Waals surface area contributed by atoms with Gasteiger partial charge in [0.1, 0.15) is 0 Å². The first-order chi connectivity index (χ1) is 20.4. The van der Waals surface area contributed by atoms with Crippen LogP contribution in [-0.4, -0.2) is 53.0 Å². The summed E-state index contributed by atoms with van der Waals surface area (Å²) in [6.45, 7) is 2.11. The minimum absolute atomic E-state index is 0.0182. The van der Waals surface area contributed by atoms with Gasteiger partial charge in [0.2, 0.25) is 5.91 Å². The lowest BCUT2D eigenvalue weighted by Gasteiger charge is -2.42. The highest BCUT2D eigenvalue weighted by atomic mass is 16.5. The number of methoxy groups -OCH3 is 2. The van der Waals surface area contributed by atoms with Crippen molar-refractivity contribution in [2.24, 2.45) is 5.92 Å². The van der Waals surface area contributed by atoms with Gasteiger partial charge >= 0.3 is 0 Å². The number of fused-ring (bicyclic) bond motifs is 9. The maximum atomic E-state index is 14.1. The highest BCUT2D eigenvalue weighted by Crippen LogP contribution is 2.43. The van der Waals surface area contributed by atoms with Crippen molar-refractivity contribution >= 4 is 22.5 Å². The largest absolute Gasteiger partial charge is 0.493 e. The second-order valence-corrected chi connectivity index (χ2v) is 11.4. The van der Waals surface area contributed by atoms with Gasteiger partial charge in [-0.2, -0.15) is 0 Å². The Bertz CT molecular complexity index is 1900. The molecule has 9 nitrogen and oxygen atoms in total. The Morgan fingerprint density at radius 3 is 2.50 bits per heavy atom. The molecule has 3 aliphatic rings. The van der Waals surface area contributed by atoms with Crippen molar-refractivity contribution in [1.29, 1.82) is 0 Å². The number of rotatable bonds is 6. The quantitative estimate of drug-likeness (QED) is 0.311. The van der Waals surface area contributed by atoms with Crippen LogP contribution in [-0.2, 0) is 17.9 Å². The Labute approximate surface area is 241 Å². The molecule has 0 saturated carbocycles. The summed E-state index contributed by atoms with van der Waals surface area (Å²) in [4.78, 5) is 55.5. The van der Waals surface area contributed by atoms with Gasteiger partial charge in [-0.3, -0.25) is 19.2 Å². The van der Waals surface area contributed by atoms with Gasteiger partial charge in [-0.05, 0) is 37.0 Å². The number of hydrogen-bond acceptors (Lipinski definition) is 6. The number of aromatic nitrogens is 2. The smallest absolute Gasteiger partial charge is 0.262 e. The van der Waals surface area contributed by atoms with E-state index >= 15 is 0 Å². The van der Waals surface area contributed by atoms with Crippen LogP contribution in [0.3, 0.4) is 0 Å². The number of ether oxygens (including phenoxy) is 2. The van der Waals surface area contributed by atoms with Gasteiger partial charge in [0, 0.05) is 66.8 Å². The van der Waals surface area contributed by atoms with Crippen LogP contribution in [0.4, 0.5) is 0 Å². The molecule has 2 unspecified atom stereocenters. The van der Waals surface area contributed by atoms with Crippen molar-refractivity contribution in [3.63, 3.8) is 0 Å². The minimum Gasteiger partial charge on any atom is -0.493 e. The van der Waals surface area contributed by atoms with E-state index in [0.717, 1.165) is 17.7 Å². The molecule has 1 aliphatic carbocycles. The van der Waals surface area contributed by atoms with Crippen LogP contribution in [0.25, 0.3) is 22.0 Å². The zero-order valence-electron chi connectivity index (χ0n) is 23.6. The topological polar surface area (TPSA) is 99.8 Å². The van der Waals surface area contributed by atoms with E-state index in [0.29, 0.717) is 59.4 Å². The van der Waals surface area contributed by atoms with E-state index in [-0.39, 0.29) is 53.4 Å². The van der Waals surface area contributed by atoms with Crippen LogP contribution in [0.1, 0.15) is 46.8 Å². The number of likely N-dealkylation sites (tertiary alicyclic amines) is 1. The molecule has 0 radical (unpaired) electrons. The fourth-order valence-corrected chi connectivity index (χ4v) is 7.24. The molecule has 2 bridgehead atoms. The maximum Gasteiger partial charge on any atom is 0.262 e. The first-order valence-electron chi connectivity index (χ1n) is 14.3. The molecule has 1 amide bonds. The summed E-state index contributed by atoms with van der Waals surface area (Å²) in [6, 6.07) is 16.2. The van der Waals surface area contributed by atoms with Crippen molar-refractivity contribution in [3.05, 3.63) is 92.1 Å². The van der Waals surface area contributed by atoms with Gasteiger partial charge in [0.15, 0.2) is 17.3 Å². The Hall–Kier alpha value is -4.66. The molecular weight excluding hydrogens is 534 g/mol. The third kappa shape index (κ3) is 3.90. The standard InChI is InChI=1S/C33H31N3O6/c1-41-25-13-12-23-28-30(21-7-3-4-8-22(21)31(28)39)35(33(40)29(23)32(25)42-2)14-6-11-26(37)34-16-19-15-20(18-34)24-9-5-10-27(38)36(24)17-19/h3-5,7-10,12-13,19-20H,6,11,14-18H2,1-2H3. The Kier molecular flexibility index (Phi) is 6.26. The van der Waals surface area contributed by atoms with Crippen LogP contribution in [0.15, 0.2) is 64.2 Å². The molecule has 1 fully saturated rings. The lowest BCUT2D eigenvalue weighted by atomic mass is 9.83. The molecule has 1 saturated heterocycles. The molecule has 42 heavy (non-hydrogen) atoms. The van der Waals surface area contributed by atoms with Gasteiger partial charge < -0.3 is 23.5 Å². The predicted molar refractivity (Wildman–Crippen MR) is 158 cm³/mol. The fraction of sp³-hybridized carbons (Fsp3) is 0.333. The summed E-state index contributed by atoms with van der Waals surface area (Å²) < 4.78 is 14.6. The monoisotopic (exact) mass is 565 g/mol. The van der Waals surface area contributed by atoms with Crippen molar-refractivity contribution in [3.8, 4) is 22.8 Å². The Morgan fingerprint density at radius 1 is 0.905 bits per heavy atom. The Morgan fingerprint density at radius 2 is 1.71 bits per heavy atom. The van der Waals surface area contributed by atoms with Crippen LogP contribution in [0, 0.1) is 5.92 Å². The Balaban J connectivity index is 1.20. The average Bonchev–Trinajstić information content (AvgIpc) is 3.30. The summed E-state index contributed by atoms with van der Waals surface area (Å²) in [7, 11) is 2.99. The van der Waals surface area contributed by atoms with E-state index < -0.39 is 0 Å². The molecule has 2 atom stereocenters. The molecular formula is C33H31N3O6. The highest BCUT2D eigenvalue weighted by molar-refractivity contribution is 6.27. The van der Waals surface area contributed by atoms with Gasteiger partial charge in [-0.15, -0.1) is 0 Å². The van der Waals surface area contributed by atoms with Crippen LogP contribution in [0.5, 0.6) is 11.5 Å². The molecule has 0 N–H and O–H groups in total. The molecule has 2 aromatic carbocycles. The van der Waals surface area contributed by atoms with Gasteiger partial charge in [0.05, 0.1) is 30.9 Å². The van der Waals surface area contributed by atoms with E-state index in [4.69, 9.17) is 9.47 Å². The number of carbonyl (C=O) groups is 2. The summed E-state index contributed by atoms with van der Waals surface area (Å²) in [5, 5.41) is 0.821. The van der Waals surface area contributed by atoms with Gasteiger partial charge in [-0.1, -0.05) is 30.3 Å². The molecule has 2 aliphatic heterocycles. The third-order valence-electron chi connectivity index (χ3n) is 9.04. The zero-order valence-corrected chi connectivity index (χ0v) is 23.6. The number of amides is 1. The molecule has 214 valence electrons. The lowest BCUT2D eigenvalue weighted by Crippen LogP contribution is -2.49. The lowest BCUT2D eigenvalue weighted by molar-refractivity contribution is -0.134. The average molecular weight is 566 g/mol. The first-order valence-corrected chi connectivity index (χ1v) is 14.3. The van der Waals surface area contributed by atoms with Crippen molar-refractivity contribution < 1.29 is 19.1 Å². The first kappa shape index (κ1) is 26.3. The molecule has 7 rings (SSSR count). The summed E-state index contributed by atoms with van der Waals surface area (Å²) in [5.41, 5.74) is 3.06. The molecule has 9 heteroatoms. The fourth-order valence-electron chi connectivity index (χ4n) is 7.24. The summed E-state index contributed by atoms with van der Waals surface area (Å²) in [5.74, 6) is 0.990. The number of hydrogen-bond donors (Lipinski definition) is 0. The van der Waals surface area contributed by atoms with E-state index in [2.05, 4.69) is 0 Å². The molecule has 0 spiro atoms. The van der Waals surface area contributed by atoms with E-state index in [1.165, 1.54) is 14.2 Å².